The van der Waals surface area contributed by atoms with E-state index < -0.39 is 6.36 Å². The van der Waals surface area contributed by atoms with Crippen molar-refractivity contribution in [3.05, 3.63) is 48.7 Å². The molecule has 0 spiro atoms. The number of fused-ring (bicyclic) bond motifs is 1. The van der Waals surface area contributed by atoms with Crippen molar-refractivity contribution in [3.63, 3.8) is 0 Å². The first kappa shape index (κ1) is 13.5. The number of hydrogen-bond acceptors (Lipinski definition) is 2. The zero-order valence-electron chi connectivity index (χ0n) is 11.1. The summed E-state index contributed by atoms with van der Waals surface area (Å²) in [5.74, 6) is -0.228. The highest BCUT2D eigenvalue weighted by atomic mass is 19.4. The molecule has 0 N–H and O–H groups in total. The lowest BCUT2D eigenvalue weighted by Gasteiger charge is -2.09. The van der Waals surface area contributed by atoms with Gasteiger partial charge in [0, 0.05) is 18.6 Å². The van der Waals surface area contributed by atoms with E-state index in [0.29, 0.717) is 0 Å². The van der Waals surface area contributed by atoms with E-state index in [-0.39, 0.29) is 5.75 Å². The van der Waals surface area contributed by atoms with Gasteiger partial charge >= 0.3 is 6.36 Å². The predicted molar refractivity (Wildman–Crippen MR) is 72.8 cm³/mol. The Morgan fingerprint density at radius 2 is 1.67 bits per heavy atom. The molecule has 2 aromatic carbocycles. The number of aromatic nitrogens is 2. The van der Waals surface area contributed by atoms with Crippen molar-refractivity contribution in [2.75, 3.05) is 0 Å². The van der Waals surface area contributed by atoms with Crippen molar-refractivity contribution in [2.45, 2.75) is 6.36 Å². The van der Waals surface area contributed by atoms with Gasteiger partial charge in [0.1, 0.15) is 5.75 Å². The Labute approximate surface area is 118 Å². The molecule has 0 saturated carbocycles. The average molecular weight is 292 g/mol. The number of rotatable bonds is 2. The smallest absolute Gasteiger partial charge is 0.406 e. The number of halogens is 3. The van der Waals surface area contributed by atoms with E-state index in [4.69, 9.17) is 0 Å². The molecule has 0 amide bonds. The fourth-order valence-electron chi connectivity index (χ4n) is 2.18. The Morgan fingerprint density at radius 3 is 2.33 bits per heavy atom. The third-order valence-corrected chi connectivity index (χ3v) is 3.04. The van der Waals surface area contributed by atoms with Gasteiger partial charge in [0.25, 0.3) is 0 Å². The van der Waals surface area contributed by atoms with Crippen molar-refractivity contribution < 1.29 is 17.9 Å². The van der Waals surface area contributed by atoms with E-state index in [9.17, 15) is 13.2 Å². The van der Waals surface area contributed by atoms with Crippen LogP contribution in [0.25, 0.3) is 22.0 Å². The van der Waals surface area contributed by atoms with Crippen LogP contribution in [-0.4, -0.2) is 16.1 Å². The summed E-state index contributed by atoms with van der Waals surface area (Å²) in [4.78, 5) is 0. The van der Waals surface area contributed by atoms with E-state index in [1.807, 2.05) is 31.4 Å². The van der Waals surface area contributed by atoms with Gasteiger partial charge in [-0.25, -0.2) is 0 Å². The molecule has 0 aliphatic heterocycles. The molecule has 0 saturated heterocycles. The number of hydrogen-bond donors (Lipinski definition) is 0. The van der Waals surface area contributed by atoms with Gasteiger partial charge < -0.3 is 4.74 Å². The third kappa shape index (κ3) is 2.99. The predicted octanol–water partition coefficient (Wildman–Crippen LogP) is 4.14. The van der Waals surface area contributed by atoms with Crippen LogP contribution in [0.1, 0.15) is 0 Å². The zero-order chi connectivity index (χ0) is 15.0. The maximum absolute atomic E-state index is 12.1. The molecule has 1 heterocycles. The lowest BCUT2D eigenvalue weighted by molar-refractivity contribution is -0.274. The maximum atomic E-state index is 12.1. The summed E-state index contributed by atoms with van der Waals surface area (Å²) in [6, 6.07) is 11.5. The molecule has 21 heavy (non-hydrogen) atoms. The minimum atomic E-state index is -4.67. The molecule has 0 radical (unpaired) electrons. The van der Waals surface area contributed by atoms with E-state index >= 15 is 0 Å². The van der Waals surface area contributed by atoms with Gasteiger partial charge in [0.15, 0.2) is 0 Å². The van der Waals surface area contributed by atoms with Crippen molar-refractivity contribution in [1.29, 1.82) is 0 Å². The van der Waals surface area contributed by atoms with Crippen LogP contribution in [0.3, 0.4) is 0 Å². The van der Waals surface area contributed by atoms with Crippen molar-refractivity contribution in [1.82, 2.24) is 9.78 Å². The van der Waals surface area contributed by atoms with Gasteiger partial charge in [-0.1, -0.05) is 18.2 Å². The van der Waals surface area contributed by atoms with Crippen LogP contribution in [-0.2, 0) is 7.05 Å². The molecule has 0 fully saturated rings. The standard InChI is InChI=1S/C15H11F3N2O/c1-20-9-12-8-11(4-7-14(12)19-20)10-2-5-13(6-3-10)21-15(16,17)18/h2-9H,1H3. The first-order valence-corrected chi connectivity index (χ1v) is 6.20. The molecular weight excluding hydrogens is 281 g/mol. The SMILES string of the molecule is Cn1cc2cc(-c3ccc(OC(F)(F)F)cc3)ccc2n1. The average Bonchev–Trinajstić information content (AvgIpc) is 2.76. The second kappa shape index (κ2) is 4.80. The second-order valence-electron chi connectivity index (χ2n) is 4.65. The van der Waals surface area contributed by atoms with Crippen LogP contribution in [0.4, 0.5) is 13.2 Å². The molecule has 0 unspecified atom stereocenters. The van der Waals surface area contributed by atoms with E-state index in [2.05, 4.69) is 9.84 Å². The quantitative estimate of drug-likeness (QED) is 0.710. The number of aryl methyl sites for hydroxylation is 1. The minimum Gasteiger partial charge on any atom is -0.406 e. The molecule has 3 rings (SSSR count). The van der Waals surface area contributed by atoms with Crippen molar-refractivity contribution in [3.8, 4) is 16.9 Å². The highest BCUT2D eigenvalue weighted by Gasteiger charge is 2.30. The Kier molecular flexibility index (Phi) is 3.08. The second-order valence-corrected chi connectivity index (χ2v) is 4.65. The third-order valence-electron chi connectivity index (χ3n) is 3.04. The number of benzene rings is 2. The summed E-state index contributed by atoms with van der Waals surface area (Å²) in [7, 11) is 1.84. The molecule has 3 nitrogen and oxygen atoms in total. The van der Waals surface area contributed by atoms with Gasteiger partial charge in [-0.3, -0.25) is 4.68 Å². The molecule has 0 aliphatic carbocycles. The Bertz CT molecular complexity index is 776. The number of nitrogens with zero attached hydrogens (tertiary/aromatic N) is 2. The summed E-state index contributed by atoms with van der Waals surface area (Å²) in [5.41, 5.74) is 2.60. The zero-order valence-corrected chi connectivity index (χ0v) is 11.1. The summed E-state index contributed by atoms with van der Waals surface area (Å²) >= 11 is 0. The Hall–Kier alpha value is -2.50. The molecule has 1 aromatic heterocycles. The van der Waals surface area contributed by atoms with E-state index in [1.165, 1.54) is 12.1 Å². The van der Waals surface area contributed by atoms with Crippen LogP contribution in [0.5, 0.6) is 5.75 Å². The first-order chi connectivity index (χ1) is 9.90. The van der Waals surface area contributed by atoms with Gasteiger partial charge in [-0.2, -0.15) is 5.10 Å². The van der Waals surface area contributed by atoms with Crippen LogP contribution in [0, 0.1) is 0 Å². The molecule has 108 valence electrons. The van der Waals surface area contributed by atoms with Gasteiger partial charge in [0.2, 0.25) is 0 Å². The van der Waals surface area contributed by atoms with Gasteiger partial charge in [0.05, 0.1) is 5.52 Å². The van der Waals surface area contributed by atoms with Crippen molar-refractivity contribution in [2.24, 2.45) is 7.05 Å². The van der Waals surface area contributed by atoms with Crippen molar-refractivity contribution >= 4 is 10.9 Å². The number of alkyl halides is 3. The van der Waals surface area contributed by atoms with E-state index in [0.717, 1.165) is 22.0 Å². The molecule has 6 heteroatoms. The fourth-order valence-corrected chi connectivity index (χ4v) is 2.18. The largest absolute Gasteiger partial charge is 0.573 e. The summed E-state index contributed by atoms with van der Waals surface area (Å²) in [5, 5.41) is 5.25. The highest BCUT2D eigenvalue weighted by molar-refractivity contribution is 5.84. The number of ether oxygens (including phenoxy) is 1. The summed E-state index contributed by atoms with van der Waals surface area (Å²) in [6.07, 6.45) is -2.78. The Balaban J connectivity index is 1.91. The first-order valence-electron chi connectivity index (χ1n) is 6.20. The maximum Gasteiger partial charge on any atom is 0.573 e. The van der Waals surface area contributed by atoms with Gasteiger partial charge in [-0.15, -0.1) is 13.2 Å². The minimum absolute atomic E-state index is 0.228. The molecule has 0 bridgehead atoms. The fraction of sp³-hybridized carbons (Fsp3) is 0.133. The highest BCUT2D eigenvalue weighted by Crippen LogP contribution is 2.28. The summed E-state index contributed by atoms with van der Waals surface area (Å²) < 4.78 is 41.9. The van der Waals surface area contributed by atoms with Crippen LogP contribution in [0.15, 0.2) is 48.7 Å². The Morgan fingerprint density at radius 1 is 1.00 bits per heavy atom. The van der Waals surface area contributed by atoms with Crippen LogP contribution >= 0.6 is 0 Å². The normalized spacial score (nSPS) is 11.8. The summed E-state index contributed by atoms with van der Waals surface area (Å²) in [6.45, 7) is 0. The van der Waals surface area contributed by atoms with Crippen LogP contribution < -0.4 is 4.74 Å². The van der Waals surface area contributed by atoms with Crippen LogP contribution in [0.2, 0.25) is 0 Å². The lowest BCUT2D eigenvalue weighted by atomic mass is 10.0. The topological polar surface area (TPSA) is 27.1 Å². The molecule has 0 atom stereocenters. The van der Waals surface area contributed by atoms with E-state index in [1.54, 1.807) is 16.8 Å². The molecule has 0 aliphatic rings. The molecule has 3 aromatic rings. The molecular formula is C15H11F3N2O. The van der Waals surface area contributed by atoms with Gasteiger partial charge in [-0.05, 0) is 35.4 Å². The lowest BCUT2D eigenvalue weighted by Crippen LogP contribution is -2.16. The monoisotopic (exact) mass is 292 g/mol.